The lowest BCUT2D eigenvalue weighted by molar-refractivity contribution is 0.200. The van der Waals surface area contributed by atoms with Gasteiger partial charge in [0.2, 0.25) is 0 Å². The second-order valence-electron chi connectivity index (χ2n) is 6.08. The van der Waals surface area contributed by atoms with Gasteiger partial charge in [0, 0.05) is 45.6 Å². The molecular formula is C22H30O4S3. The molecule has 0 saturated heterocycles. The Morgan fingerprint density at radius 1 is 0.586 bits per heavy atom. The van der Waals surface area contributed by atoms with Crippen LogP contribution in [-0.4, -0.2) is 59.7 Å². The highest BCUT2D eigenvalue weighted by Crippen LogP contribution is 2.25. The van der Waals surface area contributed by atoms with E-state index < -0.39 is 0 Å². The second-order valence-corrected chi connectivity index (χ2v) is 9.51. The molecule has 160 valence electrons. The zero-order valence-corrected chi connectivity index (χ0v) is 19.1. The first-order valence-corrected chi connectivity index (χ1v) is 13.2. The molecule has 7 heteroatoms. The Kier molecular flexibility index (Phi) is 13.2. The van der Waals surface area contributed by atoms with E-state index in [-0.39, 0.29) is 13.2 Å². The summed E-state index contributed by atoms with van der Waals surface area (Å²) in [7, 11) is 0. The fourth-order valence-corrected chi connectivity index (χ4v) is 5.84. The molecule has 0 atom stereocenters. The Balaban J connectivity index is 1.54. The molecule has 0 saturated carbocycles. The monoisotopic (exact) mass is 454 g/mol. The lowest BCUT2D eigenvalue weighted by atomic mass is 10.2. The van der Waals surface area contributed by atoms with Crippen LogP contribution < -0.4 is 9.47 Å². The predicted octanol–water partition coefficient (Wildman–Crippen LogP) is 4.33. The van der Waals surface area contributed by atoms with Gasteiger partial charge in [0.1, 0.15) is 24.7 Å². The lowest BCUT2D eigenvalue weighted by Gasteiger charge is -2.10. The first-order chi connectivity index (χ1) is 14.3. The third kappa shape index (κ3) is 10.0. The molecule has 29 heavy (non-hydrogen) atoms. The topological polar surface area (TPSA) is 58.9 Å². The van der Waals surface area contributed by atoms with Crippen molar-refractivity contribution < 1.29 is 19.7 Å². The van der Waals surface area contributed by atoms with Gasteiger partial charge in [-0.05, 0) is 12.1 Å². The van der Waals surface area contributed by atoms with Gasteiger partial charge in [-0.1, -0.05) is 36.4 Å². The average molecular weight is 455 g/mol. The van der Waals surface area contributed by atoms with Gasteiger partial charge in [0.05, 0.1) is 13.2 Å². The van der Waals surface area contributed by atoms with Gasteiger partial charge in [-0.3, -0.25) is 0 Å². The Hall–Kier alpha value is -0.990. The molecule has 0 unspecified atom stereocenters. The first-order valence-electron chi connectivity index (χ1n) is 9.71. The van der Waals surface area contributed by atoms with Crippen molar-refractivity contribution in [3.05, 3.63) is 59.7 Å². The van der Waals surface area contributed by atoms with Crippen LogP contribution in [0.25, 0.3) is 0 Å². The first kappa shape index (κ1) is 24.3. The molecule has 2 aromatic carbocycles. The standard InChI is InChI=1S/C22H30O4S3/c23-9-11-25-21-7-3-1-5-19(21)17-28-15-13-27-14-16-29-18-20-6-2-4-8-22(20)26-12-10-24/h1-8,23-24H,9-18H2. The van der Waals surface area contributed by atoms with E-state index in [9.17, 15) is 0 Å². The lowest BCUT2D eigenvalue weighted by Crippen LogP contribution is -2.03. The molecule has 2 N–H and O–H groups in total. The second kappa shape index (κ2) is 15.8. The van der Waals surface area contributed by atoms with Crippen LogP contribution in [0.3, 0.4) is 0 Å². The van der Waals surface area contributed by atoms with Crippen molar-refractivity contribution in [1.82, 2.24) is 0 Å². The summed E-state index contributed by atoms with van der Waals surface area (Å²) in [4.78, 5) is 0. The van der Waals surface area contributed by atoms with Crippen LogP contribution >= 0.6 is 35.3 Å². The van der Waals surface area contributed by atoms with E-state index in [0.29, 0.717) is 13.2 Å². The molecule has 0 bridgehead atoms. The van der Waals surface area contributed by atoms with Gasteiger partial charge in [0.25, 0.3) is 0 Å². The van der Waals surface area contributed by atoms with E-state index in [2.05, 4.69) is 12.1 Å². The molecule has 4 nitrogen and oxygen atoms in total. The fraction of sp³-hybridized carbons (Fsp3) is 0.455. The van der Waals surface area contributed by atoms with Crippen molar-refractivity contribution in [2.75, 3.05) is 49.4 Å². The maximum Gasteiger partial charge on any atom is 0.123 e. The van der Waals surface area contributed by atoms with Crippen LogP contribution in [0.15, 0.2) is 48.5 Å². The third-order valence-corrected chi connectivity index (χ3v) is 7.42. The van der Waals surface area contributed by atoms with Gasteiger partial charge >= 0.3 is 0 Å². The van der Waals surface area contributed by atoms with Crippen molar-refractivity contribution >= 4 is 35.3 Å². The van der Waals surface area contributed by atoms with E-state index in [1.54, 1.807) is 0 Å². The molecule has 0 amide bonds. The van der Waals surface area contributed by atoms with Crippen LogP contribution in [0.4, 0.5) is 0 Å². The number of benzene rings is 2. The van der Waals surface area contributed by atoms with Gasteiger partial charge in [-0.25, -0.2) is 0 Å². The van der Waals surface area contributed by atoms with Crippen molar-refractivity contribution in [3.8, 4) is 11.5 Å². The highest BCUT2D eigenvalue weighted by Gasteiger charge is 2.04. The van der Waals surface area contributed by atoms with Crippen molar-refractivity contribution in [1.29, 1.82) is 0 Å². The number of para-hydroxylation sites is 2. The third-order valence-electron chi connectivity index (χ3n) is 3.90. The highest BCUT2D eigenvalue weighted by molar-refractivity contribution is 8.04. The summed E-state index contributed by atoms with van der Waals surface area (Å²) in [6.07, 6.45) is 0. The van der Waals surface area contributed by atoms with E-state index in [1.807, 2.05) is 71.7 Å². The van der Waals surface area contributed by atoms with Crippen LogP contribution in [-0.2, 0) is 11.5 Å². The molecule has 2 rings (SSSR count). The summed E-state index contributed by atoms with van der Waals surface area (Å²) in [5.74, 6) is 8.12. The zero-order valence-electron chi connectivity index (χ0n) is 16.6. The minimum Gasteiger partial charge on any atom is -0.491 e. The molecule has 0 radical (unpaired) electrons. The number of aliphatic hydroxyl groups is 2. The number of hydrogen-bond acceptors (Lipinski definition) is 7. The zero-order chi connectivity index (χ0) is 20.6. The minimum absolute atomic E-state index is 0.0391. The SMILES string of the molecule is OCCOc1ccccc1CSCCSCCSCc1ccccc1OCCO. The Bertz CT molecular complexity index is 627. The quantitative estimate of drug-likeness (QED) is 0.366. The molecule has 0 aliphatic carbocycles. The van der Waals surface area contributed by atoms with E-state index >= 15 is 0 Å². The number of ether oxygens (including phenoxy) is 2. The normalized spacial score (nSPS) is 10.8. The van der Waals surface area contributed by atoms with Crippen LogP contribution in [0.5, 0.6) is 11.5 Å². The number of hydrogen-bond donors (Lipinski definition) is 2. The van der Waals surface area contributed by atoms with Gasteiger partial charge in [0.15, 0.2) is 0 Å². The molecule has 0 spiro atoms. The van der Waals surface area contributed by atoms with E-state index in [0.717, 1.165) is 46.0 Å². The van der Waals surface area contributed by atoms with Gasteiger partial charge < -0.3 is 19.7 Å². The maximum absolute atomic E-state index is 8.92. The molecule has 0 aromatic heterocycles. The summed E-state index contributed by atoms with van der Waals surface area (Å²) in [5.41, 5.74) is 2.38. The highest BCUT2D eigenvalue weighted by atomic mass is 32.2. The summed E-state index contributed by atoms with van der Waals surface area (Å²) in [5, 5.41) is 17.8. The molecule has 0 aliphatic rings. The Labute approximate surface area is 186 Å². The molecule has 0 fully saturated rings. The smallest absolute Gasteiger partial charge is 0.123 e. The van der Waals surface area contributed by atoms with Crippen molar-refractivity contribution in [3.63, 3.8) is 0 Å². The number of rotatable bonds is 16. The summed E-state index contributed by atoms with van der Waals surface area (Å²) in [6.45, 7) is 0.759. The van der Waals surface area contributed by atoms with E-state index in [4.69, 9.17) is 19.7 Å². The largest absolute Gasteiger partial charge is 0.491 e. The van der Waals surface area contributed by atoms with Gasteiger partial charge in [-0.15, -0.1) is 0 Å². The Morgan fingerprint density at radius 3 is 1.45 bits per heavy atom. The Morgan fingerprint density at radius 2 is 1.00 bits per heavy atom. The fourth-order valence-electron chi connectivity index (χ4n) is 2.54. The number of thioether (sulfide) groups is 3. The van der Waals surface area contributed by atoms with E-state index in [1.165, 1.54) is 11.1 Å². The summed E-state index contributed by atoms with van der Waals surface area (Å²) in [6, 6.07) is 16.1. The minimum atomic E-state index is 0.0391. The number of aliphatic hydroxyl groups excluding tert-OH is 2. The van der Waals surface area contributed by atoms with Gasteiger partial charge in [-0.2, -0.15) is 35.3 Å². The molecule has 0 aliphatic heterocycles. The maximum atomic E-state index is 8.92. The van der Waals surface area contributed by atoms with Crippen LogP contribution in [0.2, 0.25) is 0 Å². The molecule has 2 aromatic rings. The molecular weight excluding hydrogens is 424 g/mol. The van der Waals surface area contributed by atoms with Crippen molar-refractivity contribution in [2.24, 2.45) is 0 Å². The molecule has 0 heterocycles. The van der Waals surface area contributed by atoms with Crippen LogP contribution in [0, 0.1) is 0 Å². The summed E-state index contributed by atoms with van der Waals surface area (Å²) >= 11 is 5.82. The summed E-state index contributed by atoms with van der Waals surface area (Å²) < 4.78 is 11.2. The average Bonchev–Trinajstić information content (AvgIpc) is 2.76. The van der Waals surface area contributed by atoms with Crippen LogP contribution in [0.1, 0.15) is 11.1 Å². The van der Waals surface area contributed by atoms with Crippen molar-refractivity contribution in [2.45, 2.75) is 11.5 Å². The predicted molar refractivity (Wildman–Crippen MR) is 128 cm³/mol.